The number of ether oxygens (including phenoxy) is 1. The van der Waals surface area contributed by atoms with Crippen LogP contribution in [-0.4, -0.2) is 13.2 Å². The first kappa shape index (κ1) is 18.5. The van der Waals surface area contributed by atoms with Gasteiger partial charge in [-0.3, -0.25) is 0 Å². The van der Waals surface area contributed by atoms with Crippen LogP contribution in [-0.2, 0) is 12.8 Å². The van der Waals surface area contributed by atoms with Gasteiger partial charge in [0.05, 0.1) is 6.61 Å². The first-order valence-corrected chi connectivity index (χ1v) is 9.27. The highest BCUT2D eigenvalue weighted by atomic mass is 16.5. The quantitative estimate of drug-likeness (QED) is 0.617. The van der Waals surface area contributed by atoms with Crippen molar-refractivity contribution in [2.45, 2.75) is 51.9 Å². The molecule has 0 aliphatic rings. The highest BCUT2D eigenvalue weighted by molar-refractivity contribution is 5.31. The number of hydrogen-bond acceptors (Lipinski definition) is 2. The number of nitrogens with two attached hydrogens (primary N) is 1. The van der Waals surface area contributed by atoms with E-state index in [4.69, 9.17) is 10.5 Å². The number of rotatable bonds is 10. The molecule has 2 aromatic rings. The van der Waals surface area contributed by atoms with E-state index in [0.717, 1.165) is 31.6 Å². The zero-order valence-corrected chi connectivity index (χ0v) is 15.1. The Hall–Kier alpha value is -1.80. The molecule has 0 heterocycles. The highest BCUT2D eigenvalue weighted by Gasteiger charge is 2.11. The van der Waals surface area contributed by atoms with E-state index < -0.39 is 0 Å². The maximum Gasteiger partial charge on any atom is 0.119 e. The van der Waals surface area contributed by atoms with Crippen LogP contribution in [0.15, 0.2) is 48.5 Å². The van der Waals surface area contributed by atoms with Crippen LogP contribution in [0.4, 0.5) is 0 Å². The molecule has 2 rings (SSSR count). The SMILES string of the molecule is CCCCCOc1ccc(CC(CN)c2ccc(CC)cc2)cc1. The van der Waals surface area contributed by atoms with Crippen LogP contribution in [0.1, 0.15) is 55.7 Å². The molecule has 0 fully saturated rings. The van der Waals surface area contributed by atoms with Crippen LogP contribution in [0.2, 0.25) is 0 Å². The Morgan fingerprint density at radius 2 is 1.54 bits per heavy atom. The van der Waals surface area contributed by atoms with Gasteiger partial charge in [-0.1, -0.05) is 63.1 Å². The summed E-state index contributed by atoms with van der Waals surface area (Å²) in [4.78, 5) is 0. The summed E-state index contributed by atoms with van der Waals surface area (Å²) in [5.41, 5.74) is 10.0. The third-order valence-corrected chi connectivity index (χ3v) is 4.57. The van der Waals surface area contributed by atoms with E-state index in [0.29, 0.717) is 12.5 Å². The van der Waals surface area contributed by atoms with Crippen molar-refractivity contribution in [2.75, 3.05) is 13.2 Å². The lowest BCUT2D eigenvalue weighted by molar-refractivity contribution is 0.306. The van der Waals surface area contributed by atoms with Crippen molar-refractivity contribution >= 4 is 0 Å². The largest absolute Gasteiger partial charge is 0.494 e. The smallest absolute Gasteiger partial charge is 0.119 e. The molecule has 2 aromatic carbocycles. The molecule has 0 spiro atoms. The maximum atomic E-state index is 6.02. The van der Waals surface area contributed by atoms with Crippen LogP contribution in [0, 0.1) is 0 Å². The van der Waals surface area contributed by atoms with Gasteiger partial charge in [0.25, 0.3) is 0 Å². The van der Waals surface area contributed by atoms with Gasteiger partial charge in [0, 0.05) is 5.92 Å². The lowest BCUT2D eigenvalue weighted by Crippen LogP contribution is -2.15. The zero-order valence-electron chi connectivity index (χ0n) is 15.1. The van der Waals surface area contributed by atoms with Crippen LogP contribution >= 0.6 is 0 Å². The van der Waals surface area contributed by atoms with Crippen molar-refractivity contribution in [1.29, 1.82) is 0 Å². The Labute approximate surface area is 147 Å². The molecule has 2 N–H and O–H groups in total. The van der Waals surface area contributed by atoms with Crippen LogP contribution in [0.3, 0.4) is 0 Å². The summed E-state index contributed by atoms with van der Waals surface area (Å²) in [7, 11) is 0. The average molecular weight is 325 g/mol. The summed E-state index contributed by atoms with van der Waals surface area (Å²) in [6.07, 6.45) is 5.63. The third kappa shape index (κ3) is 5.68. The summed E-state index contributed by atoms with van der Waals surface area (Å²) in [6, 6.07) is 17.4. The van der Waals surface area contributed by atoms with Crippen molar-refractivity contribution in [3.63, 3.8) is 0 Å². The van der Waals surface area contributed by atoms with Gasteiger partial charge in [0.15, 0.2) is 0 Å². The van der Waals surface area contributed by atoms with Gasteiger partial charge in [-0.05, 0) is 54.6 Å². The fourth-order valence-corrected chi connectivity index (χ4v) is 2.91. The molecule has 1 atom stereocenters. The molecule has 0 saturated heterocycles. The minimum atomic E-state index is 0.368. The van der Waals surface area contributed by atoms with E-state index in [-0.39, 0.29) is 0 Å². The van der Waals surface area contributed by atoms with Crippen molar-refractivity contribution in [3.8, 4) is 5.75 Å². The molecule has 2 nitrogen and oxygen atoms in total. The molecule has 0 saturated carbocycles. The Bertz CT molecular complexity index is 574. The molecular formula is C22H31NO. The summed E-state index contributed by atoms with van der Waals surface area (Å²) in [6.45, 7) is 5.86. The predicted octanol–water partition coefficient (Wildman–Crippen LogP) is 5.10. The standard InChI is InChI=1S/C22H31NO/c1-3-5-6-15-24-22-13-9-19(10-14-22)16-21(17-23)20-11-7-18(4-2)8-12-20/h7-14,21H,3-6,15-17,23H2,1-2H3. The first-order valence-electron chi connectivity index (χ1n) is 9.27. The Morgan fingerprint density at radius 3 is 2.12 bits per heavy atom. The molecule has 0 aliphatic heterocycles. The predicted molar refractivity (Wildman–Crippen MR) is 103 cm³/mol. The lowest BCUT2D eigenvalue weighted by Gasteiger charge is -2.16. The van der Waals surface area contributed by atoms with E-state index in [9.17, 15) is 0 Å². The molecule has 0 bridgehead atoms. The molecule has 0 aliphatic carbocycles. The monoisotopic (exact) mass is 325 g/mol. The van der Waals surface area contributed by atoms with Crippen LogP contribution < -0.4 is 10.5 Å². The third-order valence-electron chi connectivity index (χ3n) is 4.57. The summed E-state index contributed by atoms with van der Waals surface area (Å²) < 4.78 is 5.78. The number of benzene rings is 2. The van der Waals surface area contributed by atoms with E-state index in [1.807, 2.05) is 0 Å². The second kappa shape index (κ2) is 10.1. The minimum Gasteiger partial charge on any atom is -0.494 e. The summed E-state index contributed by atoms with van der Waals surface area (Å²) in [5, 5.41) is 0. The number of hydrogen-bond donors (Lipinski definition) is 1. The molecule has 0 radical (unpaired) electrons. The molecule has 24 heavy (non-hydrogen) atoms. The Morgan fingerprint density at radius 1 is 0.875 bits per heavy atom. The van der Waals surface area contributed by atoms with Crippen molar-refractivity contribution in [2.24, 2.45) is 5.73 Å². The Balaban J connectivity index is 1.92. The van der Waals surface area contributed by atoms with E-state index >= 15 is 0 Å². The minimum absolute atomic E-state index is 0.368. The fourth-order valence-electron chi connectivity index (χ4n) is 2.91. The topological polar surface area (TPSA) is 35.2 Å². The van der Waals surface area contributed by atoms with Gasteiger partial charge in [-0.2, -0.15) is 0 Å². The van der Waals surface area contributed by atoms with Gasteiger partial charge in [-0.15, -0.1) is 0 Å². The molecule has 0 amide bonds. The second-order valence-electron chi connectivity index (χ2n) is 6.43. The molecule has 130 valence electrons. The lowest BCUT2D eigenvalue weighted by atomic mass is 9.91. The van der Waals surface area contributed by atoms with Crippen molar-refractivity contribution in [1.82, 2.24) is 0 Å². The van der Waals surface area contributed by atoms with Gasteiger partial charge in [0.1, 0.15) is 5.75 Å². The second-order valence-corrected chi connectivity index (χ2v) is 6.43. The molecule has 2 heteroatoms. The van der Waals surface area contributed by atoms with E-state index in [1.165, 1.54) is 29.5 Å². The van der Waals surface area contributed by atoms with Gasteiger partial charge >= 0.3 is 0 Å². The maximum absolute atomic E-state index is 6.02. The van der Waals surface area contributed by atoms with Gasteiger partial charge in [-0.25, -0.2) is 0 Å². The highest BCUT2D eigenvalue weighted by Crippen LogP contribution is 2.22. The molecule has 1 unspecified atom stereocenters. The normalized spacial score (nSPS) is 12.1. The Kier molecular flexibility index (Phi) is 7.84. The van der Waals surface area contributed by atoms with Crippen LogP contribution in [0.25, 0.3) is 0 Å². The number of unbranched alkanes of at least 4 members (excludes halogenated alkanes) is 2. The van der Waals surface area contributed by atoms with Crippen LogP contribution in [0.5, 0.6) is 5.75 Å². The van der Waals surface area contributed by atoms with Crippen molar-refractivity contribution in [3.05, 3.63) is 65.2 Å². The van der Waals surface area contributed by atoms with Gasteiger partial charge < -0.3 is 10.5 Å². The van der Waals surface area contributed by atoms with Gasteiger partial charge in [0.2, 0.25) is 0 Å². The first-order chi connectivity index (χ1) is 11.8. The number of aryl methyl sites for hydroxylation is 1. The average Bonchev–Trinajstić information content (AvgIpc) is 2.64. The molecular weight excluding hydrogens is 294 g/mol. The summed E-state index contributed by atoms with van der Waals surface area (Å²) in [5.74, 6) is 1.33. The zero-order chi connectivity index (χ0) is 17.2. The molecule has 0 aromatic heterocycles. The fraction of sp³-hybridized carbons (Fsp3) is 0.455. The summed E-state index contributed by atoms with van der Waals surface area (Å²) >= 11 is 0. The van der Waals surface area contributed by atoms with Crippen molar-refractivity contribution < 1.29 is 4.74 Å². The van der Waals surface area contributed by atoms with E-state index in [2.05, 4.69) is 62.4 Å². The van der Waals surface area contributed by atoms with E-state index in [1.54, 1.807) is 0 Å².